The lowest BCUT2D eigenvalue weighted by molar-refractivity contribution is -0.148. The summed E-state index contributed by atoms with van der Waals surface area (Å²) in [6.07, 6.45) is 2.71. The van der Waals surface area contributed by atoms with Gasteiger partial charge in [0.05, 0.1) is 11.0 Å². The first-order chi connectivity index (χ1) is 14.0. The summed E-state index contributed by atoms with van der Waals surface area (Å²) in [6, 6.07) is 8.05. The van der Waals surface area contributed by atoms with E-state index in [1.165, 1.54) is 0 Å². The molecule has 2 aromatic rings. The van der Waals surface area contributed by atoms with Gasteiger partial charge in [-0.05, 0) is 76.8 Å². The Hall–Kier alpha value is -2.75. The molecule has 30 heavy (non-hydrogen) atoms. The Morgan fingerprint density at radius 1 is 1.10 bits per heavy atom. The van der Waals surface area contributed by atoms with Gasteiger partial charge in [0.25, 0.3) is 0 Å². The topological polar surface area (TPSA) is 56.3 Å². The Morgan fingerprint density at radius 2 is 1.73 bits per heavy atom. The monoisotopic (exact) mass is 405 g/mol. The second-order valence-electron chi connectivity index (χ2n) is 9.45. The summed E-state index contributed by atoms with van der Waals surface area (Å²) in [5, 5.41) is 0. The van der Waals surface area contributed by atoms with Gasteiger partial charge in [-0.1, -0.05) is 23.8 Å². The first kappa shape index (κ1) is 21.9. The summed E-state index contributed by atoms with van der Waals surface area (Å²) in [5.41, 5.74) is 5.97. The second-order valence-corrected chi connectivity index (χ2v) is 9.45. The molecular weight excluding hydrogens is 374 g/mol. The molecule has 0 spiro atoms. The van der Waals surface area contributed by atoms with Gasteiger partial charge in [-0.15, -0.1) is 0 Å². The predicted molar refractivity (Wildman–Crippen MR) is 119 cm³/mol. The maximum absolute atomic E-state index is 13.6. The van der Waals surface area contributed by atoms with Crippen LogP contribution in [0.4, 0.5) is 0 Å². The number of ether oxygens (including phenoxy) is 1. The van der Waals surface area contributed by atoms with Crippen molar-refractivity contribution >= 4 is 17.3 Å². The molecule has 0 aliphatic heterocycles. The van der Waals surface area contributed by atoms with E-state index in [1.54, 1.807) is 6.20 Å². The third kappa shape index (κ3) is 4.38. The lowest BCUT2D eigenvalue weighted by Crippen LogP contribution is -2.22. The fraction of sp³-hybridized carbons (Fsp3) is 0.423. The van der Waals surface area contributed by atoms with Crippen LogP contribution in [-0.4, -0.2) is 16.7 Å². The highest BCUT2D eigenvalue weighted by Gasteiger charge is 2.39. The number of aryl methyl sites for hydroxylation is 4. The zero-order valence-electron chi connectivity index (χ0n) is 19.1. The zero-order valence-corrected chi connectivity index (χ0v) is 19.1. The molecule has 4 heteroatoms. The molecule has 1 aromatic carbocycles. The van der Waals surface area contributed by atoms with Gasteiger partial charge in [0.15, 0.2) is 5.78 Å². The van der Waals surface area contributed by atoms with Gasteiger partial charge < -0.3 is 4.74 Å². The highest BCUT2D eigenvalue weighted by atomic mass is 16.5. The van der Waals surface area contributed by atoms with Gasteiger partial charge in [-0.3, -0.25) is 14.6 Å². The van der Waals surface area contributed by atoms with Crippen LogP contribution in [0.5, 0.6) is 0 Å². The summed E-state index contributed by atoms with van der Waals surface area (Å²) in [7, 11) is 0. The molecule has 0 saturated heterocycles. The Labute approximate surface area is 179 Å². The Bertz CT molecular complexity index is 1020. The van der Waals surface area contributed by atoms with E-state index in [2.05, 4.69) is 17.1 Å². The predicted octanol–water partition coefficient (Wildman–Crippen LogP) is 5.45. The van der Waals surface area contributed by atoms with Crippen LogP contribution < -0.4 is 0 Å². The molecule has 1 aromatic heterocycles. The minimum Gasteiger partial charge on any atom is -0.430 e. The Kier molecular flexibility index (Phi) is 5.98. The standard InChI is InChI=1S/C26H31NO3/c1-15-11-17(3)22(18(4)12-15)23-21(30-25(29)26(5,6)7)14-19(24(23)28)13-20-16(2)9-8-10-27-20/h8-12,19H,13-14H2,1-7H3. The van der Waals surface area contributed by atoms with E-state index in [0.717, 1.165) is 33.5 Å². The molecule has 1 aliphatic rings. The molecule has 1 atom stereocenters. The summed E-state index contributed by atoms with van der Waals surface area (Å²) in [6.45, 7) is 13.5. The number of Topliss-reactive ketones (excluding diaryl/α,β-unsaturated/α-hetero) is 1. The second kappa shape index (κ2) is 8.17. The molecule has 4 nitrogen and oxygen atoms in total. The van der Waals surface area contributed by atoms with Gasteiger partial charge in [0.1, 0.15) is 5.76 Å². The van der Waals surface area contributed by atoms with Crippen molar-refractivity contribution in [3.05, 3.63) is 69.7 Å². The van der Waals surface area contributed by atoms with Crippen molar-refractivity contribution in [3.63, 3.8) is 0 Å². The first-order valence-electron chi connectivity index (χ1n) is 10.5. The third-order valence-corrected chi connectivity index (χ3v) is 5.64. The fourth-order valence-electron chi connectivity index (χ4n) is 4.09. The SMILES string of the molecule is Cc1cc(C)c(C2=C(OC(=O)C(C)(C)C)CC(Cc3ncccc3C)C2=O)c(C)c1. The third-order valence-electron chi connectivity index (χ3n) is 5.64. The molecule has 0 fully saturated rings. The van der Waals surface area contributed by atoms with E-state index in [0.29, 0.717) is 24.2 Å². The minimum absolute atomic E-state index is 0.0341. The molecule has 0 saturated carbocycles. The van der Waals surface area contributed by atoms with Crippen molar-refractivity contribution in [2.45, 2.75) is 61.3 Å². The smallest absolute Gasteiger partial charge is 0.316 e. The van der Waals surface area contributed by atoms with Crippen LogP contribution in [0.3, 0.4) is 0 Å². The molecule has 1 aliphatic carbocycles. The van der Waals surface area contributed by atoms with Crippen molar-refractivity contribution < 1.29 is 14.3 Å². The van der Waals surface area contributed by atoms with Crippen LogP contribution in [0.15, 0.2) is 36.2 Å². The fourth-order valence-corrected chi connectivity index (χ4v) is 4.09. The van der Waals surface area contributed by atoms with Crippen LogP contribution in [0, 0.1) is 39.0 Å². The molecule has 1 unspecified atom stereocenters. The average molecular weight is 406 g/mol. The number of carbonyl (C=O) groups excluding carboxylic acids is 2. The van der Waals surface area contributed by atoms with Crippen LogP contribution in [0.2, 0.25) is 0 Å². The van der Waals surface area contributed by atoms with Crippen molar-refractivity contribution in [1.82, 2.24) is 4.98 Å². The molecule has 0 N–H and O–H groups in total. The number of allylic oxidation sites excluding steroid dienone is 2. The van der Waals surface area contributed by atoms with E-state index in [9.17, 15) is 9.59 Å². The quantitative estimate of drug-likeness (QED) is 0.635. The first-order valence-corrected chi connectivity index (χ1v) is 10.5. The van der Waals surface area contributed by atoms with E-state index >= 15 is 0 Å². The van der Waals surface area contributed by atoms with E-state index < -0.39 is 5.41 Å². The van der Waals surface area contributed by atoms with Gasteiger partial charge in [0.2, 0.25) is 0 Å². The van der Waals surface area contributed by atoms with Crippen molar-refractivity contribution in [1.29, 1.82) is 0 Å². The zero-order chi connectivity index (χ0) is 22.2. The Morgan fingerprint density at radius 3 is 2.30 bits per heavy atom. The number of esters is 1. The highest BCUT2D eigenvalue weighted by Crippen LogP contribution is 2.40. The largest absolute Gasteiger partial charge is 0.430 e. The molecule has 1 heterocycles. The van der Waals surface area contributed by atoms with Gasteiger partial charge in [0, 0.05) is 30.7 Å². The normalized spacial score (nSPS) is 16.9. The molecule has 158 valence electrons. The van der Waals surface area contributed by atoms with Crippen LogP contribution in [0.1, 0.15) is 60.7 Å². The lowest BCUT2D eigenvalue weighted by atomic mass is 9.89. The number of hydrogen-bond acceptors (Lipinski definition) is 4. The van der Waals surface area contributed by atoms with Crippen molar-refractivity contribution in [2.24, 2.45) is 11.3 Å². The number of nitrogens with zero attached hydrogens (tertiary/aromatic N) is 1. The van der Waals surface area contributed by atoms with Crippen molar-refractivity contribution in [3.8, 4) is 0 Å². The molecule has 0 bridgehead atoms. The number of carbonyl (C=O) groups is 2. The summed E-state index contributed by atoms with van der Waals surface area (Å²) in [5.74, 6) is -0.0725. The molecular formula is C26H31NO3. The molecule has 3 rings (SSSR count). The maximum atomic E-state index is 13.6. The lowest BCUT2D eigenvalue weighted by Gasteiger charge is -2.18. The Balaban J connectivity index is 2.05. The van der Waals surface area contributed by atoms with E-state index in [1.807, 2.05) is 60.6 Å². The van der Waals surface area contributed by atoms with Crippen LogP contribution >= 0.6 is 0 Å². The van der Waals surface area contributed by atoms with E-state index in [-0.39, 0.29) is 17.7 Å². The number of benzene rings is 1. The van der Waals surface area contributed by atoms with Crippen LogP contribution in [-0.2, 0) is 20.7 Å². The number of ketones is 1. The summed E-state index contributed by atoms with van der Waals surface area (Å²) >= 11 is 0. The number of pyridine rings is 1. The summed E-state index contributed by atoms with van der Waals surface area (Å²) < 4.78 is 5.85. The van der Waals surface area contributed by atoms with Gasteiger partial charge in [-0.2, -0.15) is 0 Å². The number of rotatable bonds is 4. The number of hydrogen-bond donors (Lipinski definition) is 0. The maximum Gasteiger partial charge on any atom is 0.316 e. The summed E-state index contributed by atoms with van der Waals surface area (Å²) in [4.78, 5) is 30.7. The van der Waals surface area contributed by atoms with E-state index in [4.69, 9.17) is 4.74 Å². The van der Waals surface area contributed by atoms with Gasteiger partial charge in [-0.25, -0.2) is 0 Å². The number of aromatic nitrogens is 1. The molecule has 0 radical (unpaired) electrons. The average Bonchev–Trinajstić information content (AvgIpc) is 2.91. The minimum atomic E-state index is -0.645. The molecule has 0 amide bonds. The van der Waals surface area contributed by atoms with Gasteiger partial charge >= 0.3 is 5.97 Å². The van der Waals surface area contributed by atoms with Crippen molar-refractivity contribution in [2.75, 3.05) is 0 Å². The highest BCUT2D eigenvalue weighted by molar-refractivity contribution is 6.25. The van der Waals surface area contributed by atoms with Crippen LogP contribution in [0.25, 0.3) is 5.57 Å².